The predicted molar refractivity (Wildman–Crippen MR) is 93.3 cm³/mol. The number of rotatable bonds is 7. The summed E-state index contributed by atoms with van der Waals surface area (Å²) in [6, 6.07) is 16.1. The average molecular weight is 294 g/mol. The maximum atomic E-state index is 5.14. The van der Waals surface area contributed by atoms with Gasteiger partial charge in [-0.05, 0) is 48.2 Å². The first-order chi connectivity index (χ1) is 10.8. The first kappa shape index (κ1) is 15.9. The molecule has 0 saturated carbocycles. The largest absolute Gasteiger partial charge is 0.497 e. The maximum absolute atomic E-state index is 5.14. The minimum Gasteiger partial charge on any atom is -0.497 e. The first-order valence-electron chi connectivity index (χ1n) is 7.43. The highest BCUT2D eigenvalue weighted by Gasteiger charge is 1.90. The molecule has 2 nitrogen and oxygen atoms in total. The van der Waals surface area contributed by atoms with Crippen molar-refractivity contribution in [1.82, 2.24) is 0 Å². The fourth-order valence-electron chi connectivity index (χ4n) is 2.06. The zero-order valence-corrected chi connectivity index (χ0v) is 13.2. The smallest absolute Gasteiger partial charge is 0.118 e. The standard InChI is InChI=1S/C20H22O2/c1-21-19-13-9-17(10-14-19)7-5-3-4-6-8-18-11-15-20(22-2)16-12-18/h5-16H,3-4H2,1-2H3/b7-5+,8-6+. The molecule has 2 rings (SSSR count). The summed E-state index contributed by atoms with van der Waals surface area (Å²) < 4.78 is 10.3. The van der Waals surface area contributed by atoms with Gasteiger partial charge in [0.15, 0.2) is 0 Å². The van der Waals surface area contributed by atoms with Crippen LogP contribution < -0.4 is 9.47 Å². The summed E-state index contributed by atoms with van der Waals surface area (Å²) in [6.45, 7) is 0. The van der Waals surface area contributed by atoms with E-state index in [2.05, 4.69) is 48.6 Å². The lowest BCUT2D eigenvalue weighted by molar-refractivity contribution is 0.414. The number of unbranched alkanes of at least 4 members (excludes halogenated alkanes) is 1. The van der Waals surface area contributed by atoms with E-state index in [4.69, 9.17) is 9.47 Å². The fourth-order valence-corrected chi connectivity index (χ4v) is 2.06. The quantitative estimate of drug-likeness (QED) is 0.653. The number of methoxy groups -OCH3 is 2. The van der Waals surface area contributed by atoms with Gasteiger partial charge in [0.25, 0.3) is 0 Å². The third-order valence-electron chi connectivity index (χ3n) is 3.35. The molecule has 114 valence electrons. The van der Waals surface area contributed by atoms with E-state index in [9.17, 15) is 0 Å². The molecular weight excluding hydrogens is 272 g/mol. The Bertz CT molecular complexity index is 550. The van der Waals surface area contributed by atoms with Crippen LogP contribution in [0.3, 0.4) is 0 Å². The van der Waals surface area contributed by atoms with E-state index in [1.54, 1.807) is 14.2 Å². The number of benzene rings is 2. The van der Waals surface area contributed by atoms with Crippen LogP contribution in [-0.4, -0.2) is 14.2 Å². The van der Waals surface area contributed by atoms with Gasteiger partial charge in [0.1, 0.15) is 11.5 Å². The number of allylic oxidation sites excluding steroid dienone is 2. The van der Waals surface area contributed by atoms with Crippen LogP contribution in [0.1, 0.15) is 24.0 Å². The Kier molecular flexibility index (Phi) is 6.31. The van der Waals surface area contributed by atoms with Gasteiger partial charge in [0, 0.05) is 0 Å². The molecule has 0 aliphatic carbocycles. The zero-order valence-electron chi connectivity index (χ0n) is 13.2. The number of ether oxygens (including phenoxy) is 2. The third-order valence-corrected chi connectivity index (χ3v) is 3.35. The van der Waals surface area contributed by atoms with Crippen LogP contribution in [0, 0.1) is 0 Å². The lowest BCUT2D eigenvalue weighted by Gasteiger charge is -1.99. The average Bonchev–Trinajstić information content (AvgIpc) is 2.59. The maximum Gasteiger partial charge on any atom is 0.118 e. The molecule has 0 unspecified atom stereocenters. The van der Waals surface area contributed by atoms with Gasteiger partial charge in [-0.3, -0.25) is 0 Å². The summed E-state index contributed by atoms with van der Waals surface area (Å²) in [5, 5.41) is 0. The Morgan fingerprint density at radius 1 is 0.636 bits per heavy atom. The van der Waals surface area contributed by atoms with E-state index in [-0.39, 0.29) is 0 Å². The lowest BCUT2D eigenvalue weighted by Crippen LogP contribution is -1.81. The summed E-state index contributed by atoms with van der Waals surface area (Å²) in [5.41, 5.74) is 2.39. The molecule has 2 aromatic carbocycles. The van der Waals surface area contributed by atoms with Gasteiger partial charge in [0.05, 0.1) is 14.2 Å². The molecule has 0 radical (unpaired) electrons. The molecule has 0 aliphatic rings. The molecule has 0 heterocycles. The van der Waals surface area contributed by atoms with Gasteiger partial charge in [-0.25, -0.2) is 0 Å². The van der Waals surface area contributed by atoms with Crippen LogP contribution in [0.25, 0.3) is 12.2 Å². The molecule has 2 aromatic rings. The van der Waals surface area contributed by atoms with Gasteiger partial charge in [-0.15, -0.1) is 0 Å². The predicted octanol–water partition coefficient (Wildman–Crippen LogP) is 5.21. The van der Waals surface area contributed by atoms with Crippen molar-refractivity contribution in [2.24, 2.45) is 0 Å². The Morgan fingerprint density at radius 2 is 1.00 bits per heavy atom. The van der Waals surface area contributed by atoms with E-state index in [1.165, 1.54) is 11.1 Å². The van der Waals surface area contributed by atoms with Crippen LogP contribution in [0.2, 0.25) is 0 Å². The molecule has 2 heteroatoms. The Morgan fingerprint density at radius 3 is 1.32 bits per heavy atom. The molecule has 0 fully saturated rings. The Balaban J connectivity index is 1.75. The summed E-state index contributed by atoms with van der Waals surface area (Å²) in [6.07, 6.45) is 10.7. The van der Waals surface area contributed by atoms with Crippen molar-refractivity contribution in [2.45, 2.75) is 12.8 Å². The van der Waals surface area contributed by atoms with Crippen LogP contribution >= 0.6 is 0 Å². The SMILES string of the molecule is COc1ccc(/C=C/CC/C=C/c2ccc(OC)cc2)cc1. The fraction of sp³-hybridized carbons (Fsp3) is 0.200. The van der Waals surface area contributed by atoms with Crippen molar-refractivity contribution in [1.29, 1.82) is 0 Å². The van der Waals surface area contributed by atoms with Gasteiger partial charge >= 0.3 is 0 Å². The summed E-state index contributed by atoms with van der Waals surface area (Å²) in [4.78, 5) is 0. The van der Waals surface area contributed by atoms with Crippen LogP contribution in [0.15, 0.2) is 60.7 Å². The normalized spacial score (nSPS) is 11.2. The van der Waals surface area contributed by atoms with E-state index in [0.29, 0.717) is 0 Å². The number of hydrogen-bond acceptors (Lipinski definition) is 2. The summed E-state index contributed by atoms with van der Waals surface area (Å²) >= 11 is 0. The van der Waals surface area contributed by atoms with E-state index < -0.39 is 0 Å². The Hall–Kier alpha value is -2.48. The third kappa shape index (κ3) is 5.13. The second kappa shape index (κ2) is 8.73. The lowest BCUT2D eigenvalue weighted by atomic mass is 10.1. The van der Waals surface area contributed by atoms with E-state index >= 15 is 0 Å². The van der Waals surface area contributed by atoms with Crippen molar-refractivity contribution in [3.8, 4) is 11.5 Å². The molecule has 0 bridgehead atoms. The van der Waals surface area contributed by atoms with Gasteiger partial charge in [-0.2, -0.15) is 0 Å². The van der Waals surface area contributed by atoms with E-state index in [1.807, 2.05) is 24.3 Å². The van der Waals surface area contributed by atoms with Crippen LogP contribution in [0.5, 0.6) is 11.5 Å². The number of hydrogen-bond donors (Lipinski definition) is 0. The molecule has 22 heavy (non-hydrogen) atoms. The summed E-state index contributed by atoms with van der Waals surface area (Å²) in [7, 11) is 3.36. The highest BCUT2D eigenvalue weighted by atomic mass is 16.5. The van der Waals surface area contributed by atoms with Crippen LogP contribution in [-0.2, 0) is 0 Å². The van der Waals surface area contributed by atoms with Gasteiger partial charge in [-0.1, -0.05) is 48.6 Å². The van der Waals surface area contributed by atoms with Crippen LogP contribution in [0.4, 0.5) is 0 Å². The monoisotopic (exact) mass is 294 g/mol. The molecule has 0 aromatic heterocycles. The molecule has 0 saturated heterocycles. The second-order valence-corrected chi connectivity index (χ2v) is 4.93. The van der Waals surface area contributed by atoms with Gasteiger partial charge < -0.3 is 9.47 Å². The topological polar surface area (TPSA) is 18.5 Å². The Labute approximate surface area is 132 Å². The highest BCUT2D eigenvalue weighted by molar-refractivity contribution is 5.52. The van der Waals surface area contributed by atoms with Crippen molar-refractivity contribution in [2.75, 3.05) is 14.2 Å². The second-order valence-electron chi connectivity index (χ2n) is 4.93. The molecular formula is C20H22O2. The molecule has 0 N–H and O–H groups in total. The van der Waals surface area contributed by atoms with Gasteiger partial charge in [0.2, 0.25) is 0 Å². The van der Waals surface area contributed by atoms with Crippen molar-refractivity contribution >= 4 is 12.2 Å². The minimum absolute atomic E-state index is 0.888. The molecule has 0 aliphatic heterocycles. The zero-order chi connectivity index (χ0) is 15.6. The highest BCUT2D eigenvalue weighted by Crippen LogP contribution is 2.14. The molecule has 0 spiro atoms. The summed E-state index contributed by atoms with van der Waals surface area (Å²) in [5.74, 6) is 1.78. The molecule has 0 amide bonds. The van der Waals surface area contributed by atoms with E-state index in [0.717, 1.165) is 24.3 Å². The first-order valence-corrected chi connectivity index (χ1v) is 7.43. The van der Waals surface area contributed by atoms with Crippen molar-refractivity contribution < 1.29 is 9.47 Å². The molecule has 0 atom stereocenters. The minimum atomic E-state index is 0.888. The van der Waals surface area contributed by atoms with Crippen molar-refractivity contribution in [3.05, 3.63) is 71.8 Å². The van der Waals surface area contributed by atoms with Crippen molar-refractivity contribution in [3.63, 3.8) is 0 Å².